The summed E-state index contributed by atoms with van der Waals surface area (Å²) in [5.41, 5.74) is 0. The largest absolute Gasteiger partial charge is 0.351 e. The number of nitrogens with zero attached hydrogens (tertiary/aromatic N) is 1. The van der Waals surface area contributed by atoms with Crippen molar-refractivity contribution in [3.8, 4) is 0 Å². The molecule has 11 heavy (non-hydrogen) atoms. The van der Waals surface area contributed by atoms with Crippen molar-refractivity contribution in [3.63, 3.8) is 0 Å². The Morgan fingerprint density at radius 1 is 1.36 bits per heavy atom. The van der Waals surface area contributed by atoms with E-state index in [0.29, 0.717) is 12.3 Å². The van der Waals surface area contributed by atoms with E-state index in [1.165, 1.54) is 25.7 Å². The van der Waals surface area contributed by atoms with Gasteiger partial charge in [0.25, 0.3) is 0 Å². The van der Waals surface area contributed by atoms with Gasteiger partial charge in [-0.2, -0.15) is 0 Å². The standard InChI is InChI=1S/C9H15NO/c1-2-10-7-5-3-4-6-8-9(10)11-8/h2,8-9H,1,3-7H2. The molecule has 2 heterocycles. The summed E-state index contributed by atoms with van der Waals surface area (Å²) in [6, 6.07) is 0. The minimum Gasteiger partial charge on any atom is -0.351 e. The van der Waals surface area contributed by atoms with Crippen LogP contribution < -0.4 is 0 Å². The van der Waals surface area contributed by atoms with Crippen LogP contribution in [0, 0.1) is 0 Å². The van der Waals surface area contributed by atoms with E-state index in [1.54, 1.807) is 0 Å². The molecule has 0 amide bonds. The predicted molar refractivity (Wildman–Crippen MR) is 44.0 cm³/mol. The molecule has 2 aliphatic rings. The van der Waals surface area contributed by atoms with E-state index < -0.39 is 0 Å². The molecule has 2 unspecified atom stereocenters. The van der Waals surface area contributed by atoms with E-state index in [4.69, 9.17) is 4.74 Å². The van der Waals surface area contributed by atoms with E-state index in [1.807, 2.05) is 6.20 Å². The molecular formula is C9H15NO. The zero-order valence-corrected chi connectivity index (χ0v) is 6.83. The minimum absolute atomic E-state index is 0.382. The highest BCUT2D eigenvalue weighted by Gasteiger charge is 2.42. The van der Waals surface area contributed by atoms with Crippen molar-refractivity contribution < 1.29 is 4.74 Å². The highest BCUT2D eigenvalue weighted by molar-refractivity contribution is 4.90. The van der Waals surface area contributed by atoms with Crippen LogP contribution in [0.4, 0.5) is 0 Å². The van der Waals surface area contributed by atoms with E-state index in [-0.39, 0.29) is 0 Å². The van der Waals surface area contributed by atoms with Crippen molar-refractivity contribution in [1.29, 1.82) is 0 Å². The zero-order valence-electron chi connectivity index (χ0n) is 6.83. The van der Waals surface area contributed by atoms with Crippen molar-refractivity contribution in [3.05, 3.63) is 12.8 Å². The van der Waals surface area contributed by atoms with Gasteiger partial charge in [0.1, 0.15) is 6.10 Å². The van der Waals surface area contributed by atoms with Crippen LogP contribution >= 0.6 is 0 Å². The molecular weight excluding hydrogens is 138 g/mol. The predicted octanol–water partition coefficient (Wildman–Crippen LogP) is 1.73. The van der Waals surface area contributed by atoms with Crippen LogP contribution in [0.25, 0.3) is 0 Å². The third-order valence-electron chi connectivity index (χ3n) is 2.52. The first-order valence-electron chi connectivity index (χ1n) is 4.45. The Kier molecular flexibility index (Phi) is 1.86. The van der Waals surface area contributed by atoms with Crippen LogP contribution in [-0.2, 0) is 4.74 Å². The van der Waals surface area contributed by atoms with Crippen molar-refractivity contribution in [2.75, 3.05) is 6.54 Å². The number of hydrogen-bond donors (Lipinski definition) is 0. The maximum absolute atomic E-state index is 5.50. The molecule has 0 spiro atoms. The van der Waals surface area contributed by atoms with Crippen LogP contribution in [0.5, 0.6) is 0 Å². The first kappa shape index (κ1) is 7.17. The lowest BCUT2D eigenvalue weighted by molar-refractivity contribution is 0.234. The number of ether oxygens (including phenoxy) is 1. The monoisotopic (exact) mass is 153 g/mol. The van der Waals surface area contributed by atoms with Crippen molar-refractivity contribution >= 4 is 0 Å². The number of fused-ring (bicyclic) bond motifs is 1. The Balaban J connectivity index is 1.93. The van der Waals surface area contributed by atoms with Gasteiger partial charge in [0.2, 0.25) is 0 Å². The second-order valence-electron chi connectivity index (χ2n) is 3.33. The van der Waals surface area contributed by atoms with Gasteiger partial charge in [-0.15, -0.1) is 0 Å². The molecule has 2 fully saturated rings. The molecule has 0 aromatic heterocycles. The molecule has 0 radical (unpaired) electrons. The van der Waals surface area contributed by atoms with E-state index in [2.05, 4.69) is 11.5 Å². The van der Waals surface area contributed by atoms with Gasteiger partial charge in [-0.1, -0.05) is 19.4 Å². The molecule has 0 saturated carbocycles. The average Bonchev–Trinajstić information content (AvgIpc) is 2.69. The summed E-state index contributed by atoms with van der Waals surface area (Å²) >= 11 is 0. The molecule has 2 nitrogen and oxygen atoms in total. The van der Waals surface area contributed by atoms with E-state index in [9.17, 15) is 0 Å². The van der Waals surface area contributed by atoms with Gasteiger partial charge in [-0.3, -0.25) is 0 Å². The lowest BCUT2D eigenvalue weighted by Crippen LogP contribution is -2.24. The third-order valence-corrected chi connectivity index (χ3v) is 2.52. The molecule has 2 heteroatoms. The Morgan fingerprint density at radius 3 is 3.09 bits per heavy atom. The van der Waals surface area contributed by atoms with Crippen molar-refractivity contribution in [1.82, 2.24) is 4.90 Å². The van der Waals surface area contributed by atoms with Gasteiger partial charge in [0.05, 0.1) is 0 Å². The second kappa shape index (κ2) is 2.86. The molecule has 2 rings (SSSR count). The fraction of sp³-hybridized carbons (Fsp3) is 0.778. The van der Waals surface area contributed by atoms with Gasteiger partial charge < -0.3 is 9.64 Å². The molecule has 0 aromatic rings. The smallest absolute Gasteiger partial charge is 0.156 e. The molecule has 2 saturated heterocycles. The van der Waals surface area contributed by atoms with Gasteiger partial charge in [0, 0.05) is 6.54 Å². The van der Waals surface area contributed by atoms with Crippen LogP contribution in [0.15, 0.2) is 12.8 Å². The lowest BCUT2D eigenvalue weighted by atomic mass is 10.1. The van der Waals surface area contributed by atoms with E-state index in [0.717, 1.165) is 6.54 Å². The second-order valence-corrected chi connectivity index (χ2v) is 3.33. The molecule has 62 valence electrons. The van der Waals surface area contributed by atoms with Crippen molar-refractivity contribution in [2.24, 2.45) is 0 Å². The average molecular weight is 153 g/mol. The van der Waals surface area contributed by atoms with Gasteiger partial charge in [0.15, 0.2) is 6.23 Å². The van der Waals surface area contributed by atoms with Crippen LogP contribution in [-0.4, -0.2) is 23.8 Å². The number of epoxide rings is 1. The molecule has 0 aliphatic carbocycles. The molecule has 0 aromatic carbocycles. The number of hydrogen-bond acceptors (Lipinski definition) is 2. The van der Waals surface area contributed by atoms with Gasteiger partial charge in [-0.25, -0.2) is 0 Å². The Bertz CT molecular complexity index is 158. The normalized spacial score (nSPS) is 36.9. The zero-order chi connectivity index (χ0) is 7.68. The molecule has 2 aliphatic heterocycles. The Morgan fingerprint density at radius 2 is 2.27 bits per heavy atom. The number of rotatable bonds is 1. The summed E-state index contributed by atoms with van der Waals surface area (Å²) in [5, 5.41) is 0. The summed E-state index contributed by atoms with van der Waals surface area (Å²) < 4.78 is 5.50. The maximum atomic E-state index is 5.50. The minimum atomic E-state index is 0.382. The summed E-state index contributed by atoms with van der Waals surface area (Å²) in [4.78, 5) is 2.23. The Labute approximate surface area is 67.8 Å². The lowest BCUT2D eigenvalue weighted by Gasteiger charge is -2.18. The first-order valence-corrected chi connectivity index (χ1v) is 4.45. The van der Waals surface area contributed by atoms with Crippen LogP contribution in [0.3, 0.4) is 0 Å². The third kappa shape index (κ3) is 1.41. The van der Waals surface area contributed by atoms with Crippen molar-refractivity contribution in [2.45, 2.75) is 38.0 Å². The quantitative estimate of drug-likeness (QED) is 0.533. The highest BCUT2D eigenvalue weighted by atomic mass is 16.6. The first-order chi connectivity index (χ1) is 5.42. The molecule has 0 bridgehead atoms. The van der Waals surface area contributed by atoms with Gasteiger partial charge in [-0.05, 0) is 19.0 Å². The van der Waals surface area contributed by atoms with Crippen LogP contribution in [0.2, 0.25) is 0 Å². The maximum Gasteiger partial charge on any atom is 0.156 e. The van der Waals surface area contributed by atoms with Crippen LogP contribution in [0.1, 0.15) is 25.7 Å². The topological polar surface area (TPSA) is 15.8 Å². The van der Waals surface area contributed by atoms with E-state index >= 15 is 0 Å². The summed E-state index contributed by atoms with van der Waals surface area (Å²) in [5.74, 6) is 0. The summed E-state index contributed by atoms with van der Waals surface area (Å²) in [6.45, 7) is 4.91. The highest BCUT2D eigenvalue weighted by Crippen LogP contribution is 2.32. The Hall–Kier alpha value is -0.500. The number of likely N-dealkylation sites (tertiary alicyclic amines) is 1. The summed E-state index contributed by atoms with van der Waals surface area (Å²) in [7, 11) is 0. The SMILES string of the molecule is C=CN1CCCCCC2OC21. The van der Waals surface area contributed by atoms with Gasteiger partial charge >= 0.3 is 0 Å². The fourth-order valence-corrected chi connectivity index (χ4v) is 1.78. The molecule has 2 atom stereocenters. The molecule has 0 N–H and O–H groups in total. The summed E-state index contributed by atoms with van der Waals surface area (Å²) in [6.07, 6.45) is 8.04. The fourth-order valence-electron chi connectivity index (χ4n) is 1.78.